The molecular weight excluding hydrogens is 254 g/mol. The van der Waals surface area contributed by atoms with Crippen LogP contribution in [0.5, 0.6) is 5.75 Å². The number of anilines is 1. The third kappa shape index (κ3) is 2.24. The zero-order valence-corrected chi connectivity index (χ0v) is 11.7. The summed E-state index contributed by atoms with van der Waals surface area (Å²) < 4.78 is 5.82. The van der Waals surface area contributed by atoms with Crippen LogP contribution in [0, 0.1) is 6.92 Å². The Bertz CT molecular complexity index is 544. The molecule has 2 aliphatic heterocycles. The van der Waals surface area contributed by atoms with Crippen LogP contribution in [0.4, 0.5) is 5.82 Å². The minimum atomic E-state index is 0.00639. The van der Waals surface area contributed by atoms with Gasteiger partial charge in [-0.25, -0.2) is 4.98 Å². The molecule has 0 unspecified atom stereocenters. The van der Waals surface area contributed by atoms with Gasteiger partial charge in [0.1, 0.15) is 0 Å². The fourth-order valence-electron chi connectivity index (χ4n) is 2.87. The minimum Gasteiger partial charge on any atom is -0.490 e. The molecule has 0 radical (unpaired) electrons. The lowest BCUT2D eigenvalue weighted by atomic mass is 10.1. The van der Waals surface area contributed by atoms with E-state index in [-0.39, 0.29) is 11.9 Å². The van der Waals surface area contributed by atoms with Crippen molar-refractivity contribution in [1.29, 1.82) is 0 Å². The average Bonchev–Trinajstić information content (AvgIpc) is 2.64. The third-order valence-corrected chi connectivity index (χ3v) is 3.92. The first-order valence-electron chi connectivity index (χ1n) is 6.96. The van der Waals surface area contributed by atoms with Gasteiger partial charge in [0.25, 0.3) is 0 Å². The quantitative estimate of drug-likeness (QED) is 0.725. The standard InChI is InChI=1S/C15H19N3O2/c1-3-14(19)17-5-6-18-12(10-17)4-7-20-13-8-11(2)9-16-15(13)18/h3,8-9,12H,1,4-7,10H2,2H3/t12-/m0/s1. The van der Waals surface area contributed by atoms with Crippen LogP contribution in [0.25, 0.3) is 0 Å². The molecule has 106 valence electrons. The Morgan fingerprint density at radius 1 is 1.55 bits per heavy atom. The normalized spacial score (nSPS) is 21.4. The summed E-state index contributed by atoms with van der Waals surface area (Å²) in [5, 5.41) is 0. The largest absolute Gasteiger partial charge is 0.490 e. The minimum absolute atomic E-state index is 0.00639. The predicted octanol–water partition coefficient (Wildman–Crippen LogP) is 1.38. The highest BCUT2D eigenvalue weighted by Gasteiger charge is 2.32. The van der Waals surface area contributed by atoms with E-state index < -0.39 is 0 Å². The van der Waals surface area contributed by atoms with Crippen LogP contribution in [0.1, 0.15) is 12.0 Å². The van der Waals surface area contributed by atoms with Crippen molar-refractivity contribution >= 4 is 11.7 Å². The molecule has 1 saturated heterocycles. The summed E-state index contributed by atoms with van der Waals surface area (Å²) in [5.74, 6) is 1.77. The van der Waals surface area contributed by atoms with Crippen molar-refractivity contribution in [3.8, 4) is 5.75 Å². The fraction of sp³-hybridized carbons (Fsp3) is 0.467. The first kappa shape index (κ1) is 13.0. The number of hydrogen-bond donors (Lipinski definition) is 0. The number of ether oxygens (including phenoxy) is 1. The van der Waals surface area contributed by atoms with E-state index >= 15 is 0 Å². The lowest BCUT2D eigenvalue weighted by Crippen LogP contribution is -2.54. The molecule has 1 fully saturated rings. The summed E-state index contributed by atoms with van der Waals surface area (Å²) >= 11 is 0. The number of rotatable bonds is 1. The number of pyridine rings is 1. The van der Waals surface area contributed by atoms with Crippen LogP contribution in [0.2, 0.25) is 0 Å². The van der Waals surface area contributed by atoms with Crippen molar-refractivity contribution in [3.63, 3.8) is 0 Å². The van der Waals surface area contributed by atoms with Gasteiger partial charge in [-0.3, -0.25) is 4.79 Å². The average molecular weight is 273 g/mol. The molecule has 0 aliphatic carbocycles. The number of hydrogen-bond acceptors (Lipinski definition) is 4. The van der Waals surface area contributed by atoms with Gasteiger partial charge in [0.15, 0.2) is 11.6 Å². The number of nitrogens with zero attached hydrogens (tertiary/aromatic N) is 3. The number of carbonyl (C=O) groups excluding carboxylic acids is 1. The zero-order valence-electron chi connectivity index (χ0n) is 11.7. The Labute approximate surface area is 118 Å². The van der Waals surface area contributed by atoms with Gasteiger partial charge in [0.2, 0.25) is 5.91 Å². The molecule has 0 aromatic carbocycles. The van der Waals surface area contributed by atoms with Crippen molar-refractivity contribution < 1.29 is 9.53 Å². The predicted molar refractivity (Wildman–Crippen MR) is 77.0 cm³/mol. The smallest absolute Gasteiger partial charge is 0.246 e. The summed E-state index contributed by atoms with van der Waals surface area (Å²) in [5.41, 5.74) is 1.10. The van der Waals surface area contributed by atoms with Gasteiger partial charge >= 0.3 is 0 Å². The highest BCUT2D eigenvalue weighted by molar-refractivity contribution is 5.87. The SMILES string of the molecule is C=CC(=O)N1CCN2c3ncc(C)cc3OCC[C@H]2C1. The Morgan fingerprint density at radius 2 is 2.40 bits per heavy atom. The maximum Gasteiger partial charge on any atom is 0.246 e. The van der Waals surface area contributed by atoms with Crippen LogP contribution >= 0.6 is 0 Å². The monoisotopic (exact) mass is 273 g/mol. The van der Waals surface area contributed by atoms with Crippen molar-refractivity contribution in [2.75, 3.05) is 31.1 Å². The molecule has 0 saturated carbocycles. The van der Waals surface area contributed by atoms with Crippen LogP contribution in [0.15, 0.2) is 24.9 Å². The van der Waals surface area contributed by atoms with Crippen molar-refractivity contribution in [3.05, 3.63) is 30.5 Å². The molecule has 0 bridgehead atoms. The van der Waals surface area contributed by atoms with E-state index in [9.17, 15) is 4.79 Å². The zero-order chi connectivity index (χ0) is 14.1. The Kier molecular flexibility index (Phi) is 3.34. The highest BCUT2D eigenvalue weighted by Crippen LogP contribution is 2.33. The first-order valence-corrected chi connectivity index (χ1v) is 6.96. The van der Waals surface area contributed by atoms with Gasteiger partial charge in [-0.2, -0.15) is 0 Å². The maximum atomic E-state index is 11.8. The Hall–Kier alpha value is -2.04. The number of carbonyl (C=O) groups is 1. The molecule has 3 heterocycles. The van der Waals surface area contributed by atoms with Crippen molar-refractivity contribution in [1.82, 2.24) is 9.88 Å². The van der Waals surface area contributed by atoms with Crippen molar-refractivity contribution in [2.45, 2.75) is 19.4 Å². The third-order valence-electron chi connectivity index (χ3n) is 3.92. The van der Waals surface area contributed by atoms with Crippen molar-refractivity contribution in [2.24, 2.45) is 0 Å². The van der Waals surface area contributed by atoms with Gasteiger partial charge in [-0.05, 0) is 24.6 Å². The molecular formula is C15H19N3O2. The summed E-state index contributed by atoms with van der Waals surface area (Å²) in [6.07, 6.45) is 4.15. The second-order valence-electron chi connectivity index (χ2n) is 5.31. The molecule has 0 N–H and O–H groups in total. The van der Waals surface area contributed by atoms with Gasteiger partial charge in [-0.15, -0.1) is 0 Å². The van der Waals surface area contributed by atoms with E-state index in [1.54, 1.807) is 0 Å². The van der Waals surface area contributed by atoms with Crippen LogP contribution in [-0.4, -0.2) is 48.1 Å². The summed E-state index contributed by atoms with van der Waals surface area (Å²) in [7, 11) is 0. The summed E-state index contributed by atoms with van der Waals surface area (Å²) in [6, 6.07) is 2.30. The second kappa shape index (κ2) is 5.15. The first-order chi connectivity index (χ1) is 9.69. The number of amides is 1. The Morgan fingerprint density at radius 3 is 3.20 bits per heavy atom. The van der Waals surface area contributed by atoms with E-state index in [2.05, 4.69) is 16.5 Å². The molecule has 2 aliphatic rings. The van der Waals surface area contributed by atoms with Crippen LogP contribution in [-0.2, 0) is 4.79 Å². The highest BCUT2D eigenvalue weighted by atomic mass is 16.5. The van der Waals surface area contributed by atoms with E-state index in [1.165, 1.54) is 6.08 Å². The number of piperazine rings is 1. The molecule has 1 amide bonds. The lowest BCUT2D eigenvalue weighted by molar-refractivity contribution is -0.126. The molecule has 5 nitrogen and oxygen atoms in total. The van der Waals surface area contributed by atoms with Gasteiger partial charge in [0.05, 0.1) is 12.6 Å². The van der Waals surface area contributed by atoms with E-state index in [4.69, 9.17) is 4.74 Å². The topological polar surface area (TPSA) is 45.7 Å². The fourth-order valence-corrected chi connectivity index (χ4v) is 2.87. The van der Waals surface area contributed by atoms with Gasteiger partial charge in [0, 0.05) is 32.3 Å². The number of fused-ring (bicyclic) bond motifs is 3. The molecule has 1 aromatic heterocycles. The van der Waals surface area contributed by atoms with E-state index in [0.29, 0.717) is 19.7 Å². The van der Waals surface area contributed by atoms with E-state index in [0.717, 1.165) is 30.1 Å². The molecule has 1 atom stereocenters. The molecule has 1 aromatic rings. The van der Waals surface area contributed by atoms with Crippen LogP contribution in [0.3, 0.4) is 0 Å². The van der Waals surface area contributed by atoms with Gasteiger partial charge in [-0.1, -0.05) is 6.58 Å². The number of aryl methyl sites for hydroxylation is 1. The lowest BCUT2D eigenvalue weighted by Gasteiger charge is -2.40. The molecule has 3 rings (SSSR count). The second-order valence-corrected chi connectivity index (χ2v) is 5.31. The van der Waals surface area contributed by atoms with E-state index in [1.807, 2.05) is 24.1 Å². The summed E-state index contributed by atoms with van der Waals surface area (Å²) in [6.45, 7) is 8.44. The summed E-state index contributed by atoms with van der Waals surface area (Å²) in [4.78, 5) is 20.4. The van der Waals surface area contributed by atoms with Crippen LogP contribution < -0.4 is 9.64 Å². The molecule has 20 heavy (non-hydrogen) atoms. The molecule has 0 spiro atoms. The Balaban J connectivity index is 1.87. The molecule has 5 heteroatoms. The van der Waals surface area contributed by atoms with Gasteiger partial charge < -0.3 is 14.5 Å². The number of aromatic nitrogens is 1. The maximum absolute atomic E-state index is 11.8.